The Hall–Kier alpha value is -0.860. The highest BCUT2D eigenvalue weighted by atomic mass is 14.9. The predicted molar refractivity (Wildman–Crippen MR) is 70.9 cm³/mol. The molecule has 90 valence electrons. The first kappa shape index (κ1) is 13.2. The standard InChI is InChI=1S/C14H24N2/c1-3-13-5-7-14(8-6-13)9-10-16-12-11-15-4-2/h5-8,15-16H,3-4,9-12H2,1-2H3. The summed E-state index contributed by atoms with van der Waals surface area (Å²) in [4.78, 5) is 0. The van der Waals surface area contributed by atoms with Crippen LogP contribution < -0.4 is 10.6 Å². The average Bonchev–Trinajstić information content (AvgIpc) is 2.34. The normalized spacial score (nSPS) is 10.6. The van der Waals surface area contributed by atoms with Gasteiger partial charge in [0.1, 0.15) is 0 Å². The van der Waals surface area contributed by atoms with Crippen molar-refractivity contribution in [3.05, 3.63) is 35.4 Å². The number of hydrogen-bond donors (Lipinski definition) is 2. The van der Waals surface area contributed by atoms with E-state index in [0.29, 0.717) is 0 Å². The fourth-order valence-corrected chi connectivity index (χ4v) is 1.65. The van der Waals surface area contributed by atoms with E-state index in [1.54, 1.807) is 0 Å². The van der Waals surface area contributed by atoms with Crippen molar-refractivity contribution in [1.82, 2.24) is 10.6 Å². The van der Waals surface area contributed by atoms with E-state index >= 15 is 0 Å². The van der Waals surface area contributed by atoms with E-state index < -0.39 is 0 Å². The minimum Gasteiger partial charge on any atom is -0.316 e. The van der Waals surface area contributed by atoms with Crippen LogP contribution in [-0.2, 0) is 12.8 Å². The number of nitrogens with one attached hydrogen (secondary N) is 2. The van der Waals surface area contributed by atoms with Gasteiger partial charge in [-0.05, 0) is 37.1 Å². The van der Waals surface area contributed by atoms with E-state index in [0.717, 1.165) is 39.0 Å². The molecule has 1 aromatic carbocycles. The molecule has 0 aliphatic rings. The third-order valence-electron chi connectivity index (χ3n) is 2.75. The van der Waals surface area contributed by atoms with Crippen LogP contribution >= 0.6 is 0 Å². The van der Waals surface area contributed by atoms with Gasteiger partial charge in [-0.2, -0.15) is 0 Å². The molecule has 0 bridgehead atoms. The van der Waals surface area contributed by atoms with Crippen molar-refractivity contribution in [2.75, 3.05) is 26.2 Å². The zero-order valence-corrected chi connectivity index (χ0v) is 10.6. The van der Waals surface area contributed by atoms with E-state index in [1.165, 1.54) is 11.1 Å². The maximum absolute atomic E-state index is 3.43. The molecule has 16 heavy (non-hydrogen) atoms. The van der Waals surface area contributed by atoms with Gasteiger partial charge < -0.3 is 10.6 Å². The van der Waals surface area contributed by atoms with Crippen LogP contribution in [0.5, 0.6) is 0 Å². The summed E-state index contributed by atoms with van der Waals surface area (Å²) in [5.41, 5.74) is 2.84. The van der Waals surface area contributed by atoms with E-state index in [4.69, 9.17) is 0 Å². The second-order valence-electron chi connectivity index (χ2n) is 4.02. The highest BCUT2D eigenvalue weighted by molar-refractivity contribution is 5.22. The molecular formula is C14H24N2. The summed E-state index contributed by atoms with van der Waals surface area (Å²) in [6.07, 6.45) is 2.25. The summed E-state index contributed by atoms with van der Waals surface area (Å²) >= 11 is 0. The van der Waals surface area contributed by atoms with Crippen molar-refractivity contribution >= 4 is 0 Å². The van der Waals surface area contributed by atoms with Crippen LogP contribution in [0.1, 0.15) is 25.0 Å². The fourth-order valence-electron chi connectivity index (χ4n) is 1.65. The Morgan fingerprint density at radius 3 is 2.06 bits per heavy atom. The summed E-state index contributed by atoms with van der Waals surface area (Å²) in [7, 11) is 0. The lowest BCUT2D eigenvalue weighted by Gasteiger charge is -2.06. The van der Waals surface area contributed by atoms with Gasteiger partial charge in [0.25, 0.3) is 0 Å². The quantitative estimate of drug-likeness (QED) is 0.655. The molecule has 0 saturated heterocycles. The summed E-state index contributed by atoms with van der Waals surface area (Å²) in [6, 6.07) is 8.94. The lowest BCUT2D eigenvalue weighted by molar-refractivity contribution is 0.624. The molecule has 0 saturated carbocycles. The Balaban J connectivity index is 2.12. The molecule has 1 aromatic rings. The van der Waals surface area contributed by atoms with Gasteiger partial charge in [0.15, 0.2) is 0 Å². The lowest BCUT2D eigenvalue weighted by atomic mass is 10.1. The third kappa shape index (κ3) is 5.29. The first-order chi connectivity index (χ1) is 7.86. The molecule has 0 aliphatic heterocycles. The Kier molecular flexibility index (Phi) is 6.86. The topological polar surface area (TPSA) is 24.1 Å². The van der Waals surface area contributed by atoms with Crippen LogP contribution in [0.15, 0.2) is 24.3 Å². The molecule has 0 unspecified atom stereocenters. The maximum atomic E-state index is 3.43. The van der Waals surface area contributed by atoms with Crippen molar-refractivity contribution in [2.24, 2.45) is 0 Å². The highest BCUT2D eigenvalue weighted by Crippen LogP contribution is 2.04. The molecule has 1 rings (SSSR count). The molecule has 2 heteroatoms. The Bertz CT molecular complexity index is 267. The largest absolute Gasteiger partial charge is 0.316 e. The van der Waals surface area contributed by atoms with Crippen molar-refractivity contribution in [2.45, 2.75) is 26.7 Å². The van der Waals surface area contributed by atoms with Gasteiger partial charge in [0.2, 0.25) is 0 Å². The van der Waals surface area contributed by atoms with Crippen LogP contribution in [-0.4, -0.2) is 26.2 Å². The van der Waals surface area contributed by atoms with Gasteiger partial charge in [0, 0.05) is 13.1 Å². The van der Waals surface area contributed by atoms with Crippen LogP contribution in [0.25, 0.3) is 0 Å². The molecule has 2 nitrogen and oxygen atoms in total. The first-order valence-corrected chi connectivity index (χ1v) is 6.36. The lowest BCUT2D eigenvalue weighted by Crippen LogP contribution is -2.28. The van der Waals surface area contributed by atoms with Crippen LogP contribution in [0.3, 0.4) is 0 Å². The van der Waals surface area contributed by atoms with Gasteiger partial charge in [-0.1, -0.05) is 38.1 Å². The molecule has 2 N–H and O–H groups in total. The second-order valence-corrected chi connectivity index (χ2v) is 4.02. The number of likely N-dealkylation sites (N-methyl/N-ethyl adjacent to an activating group) is 1. The molecule has 0 fully saturated rings. The Morgan fingerprint density at radius 2 is 1.44 bits per heavy atom. The Labute approximate surface area is 99.5 Å². The summed E-state index contributed by atoms with van der Waals surface area (Å²) in [5.74, 6) is 0. The predicted octanol–water partition coefficient (Wildman–Crippen LogP) is 1.99. The zero-order chi connectivity index (χ0) is 11.6. The smallest absolute Gasteiger partial charge is 0.00768 e. The van der Waals surface area contributed by atoms with Gasteiger partial charge in [-0.3, -0.25) is 0 Å². The number of hydrogen-bond acceptors (Lipinski definition) is 2. The summed E-state index contributed by atoms with van der Waals surface area (Å²) in [6.45, 7) is 8.57. The van der Waals surface area contributed by atoms with E-state index in [-0.39, 0.29) is 0 Å². The molecule has 0 atom stereocenters. The first-order valence-electron chi connectivity index (χ1n) is 6.36. The van der Waals surface area contributed by atoms with Gasteiger partial charge >= 0.3 is 0 Å². The second kappa shape index (κ2) is 8.31. The molecule has 0 aliphatic carbocycles. The van der Waals surface area contributed by atoms with E-state index in [1.807, 2.05) is 0 Å². The highest BCUT2D eigenvalue weighted by Gasteiger charge is 1.93. The minimum absolute atomic E-state index is 1.06. The number of aryl methyl sites for hydroxylation is 1. The molecular weight excluding hydrogens is 196 g/mol. The van der Waals surface area contributed by atoms with Crippen molar-refractivity contribution in [3.8, 4) is 0 Å². The Morgan fingerprint density at radius 1 is 0.812 bits per heavy atom. The number of benzene rings is 1. The average molecular weight is 220 g/mol. The van der Waals surface area contributed by atoms with Crippen LogP contribution in [0, 0.1) is 0 Å². The van der Waals surface area contributed by atoms with Gasteiger partial charge in [0.05, 0.1) is 0 Å². The van der Waals surface area contributed by atoms with Crippen molar-refractivity contribution in [1.29, 1.82) is 0 Å². The summed E-state index contributed by atoms with van der Waals surface area (Å²) in [5, 5.41) is 6.73. The van der Waals surface area contributed by atoms with E-state index in [9.17, 15) is 0 Å². The maximum Gasteiger partial charge on any atom is 0.00768 e. The van der Waals surface area contributed by atoms with E-state index in [2.05, 4.69) is 48.7 Å². The van der Waals surface area contributed by atoms with Gasteiger partial charge in [-0.15, -0.1) is 0 Å². The molecule has 0 spiro atoms. The van der Waals surface area contributed by atoms with Gasteiger partial charge in [-0.25, -0.2) is 0 Å². The minimum atomic E-state index is 1.06. The molecule has 0 radical (unpaired) electrons. The van der Waals surface area contributed by atoms with Crippen molar-refractivity contribution in [3.63, 3.8) is 0 Å². The SMILES string of the molecule is CCNCCNCCc1ccc(CC)cc1. The fraction of sp³-hybridized carbons (Fsp3) is 0.571. The van der Waals surface area contributed by atoms with Crippen LogP contribution in [0.2, 0.25) is 0 Å². The zero-order valence-electron chi connectivity index (χ0n) is 10.6. The monoisotopic (exact) mass is 220 g/mol. The third-order valence-corrected chi connectivity index (χ3v) is 2.75. The number of rotatable bonds is 8. The molecule has 0 aromatic heterocycles. The molecule has 0 amide bonds. The molecule has 0 heterocycles. The van der Waals surface area contributed by atoms with Crippen LogP contribution in [0.4, 0.5) is 0 Å². The summed E-state index contributed by atoms with van der Waals surface area (Å²) < 4.78 is 0. The van der Waals surface area contributed by atoms with Crippen molar-refractivity contribution < 1.29 is 0 Å².